The lowest BCUT2D eigenvalue weighted by Crippen LogP contribution is -2.12. The maximum Gasteiger partial charge on any atom is 0.308 e. The number of carbonyl (C=O) groups excluding carboxylic acids is 2. The van der Waals surface area contributed by atoms with Crippen LogP contribution in [-0.2, 0) is 19.1 Å². The highest BCUT2D eigenvalue weighted by atomic mass is 79.9. The Hall–Kier alpha value is -0.100. The average molecular weight is 374 g/mol. The third-order valence-corrected chi connectivity index (χ3v) is 3.09. The molecule has 0 aliphatic carbocycles. The van der Waals surface area contributed by atoms with E-state index in [1.165, 1.54) is 0 Å². The Morgan fingerprint density at radius 1 is 0.765 bits per heavy atom. The van der Waals surface area contributed by atoms with E-state index in [1.807, 2.05) is 0 Å². The summed E-state index contributed by atoms with van der Waals surface area (Å²) in [5.41, 5.74) is 0. The van der Waals surface area contributed by atoms with Crippen LogP contribution in [0.15, 0.2) is 0 Å². The van der Waals surface area contributed by atoms with Gasteiger partial charge in [-0.15, -0.1) is 0 Å². The van der Waals surface area contributed by atoms with Crippen molar-refractivity contribution in [2.75, 3.05) is 17.5 Å². The molecule has 0 radical (unpaired) electrons. The predicted molar refractivity (Wildman–Crippen MR) is 72.3 cm³/mol. The van der Waals surface area contributed by atoms with Crippen LogP contribution < -0.4 is 0 Å². The van der Waals surface area contributed by atoms with Crippen LogP contribution >= 0.6 is 31.9 Å². The minimum Gasteiger partial charge on any atom is -0.428 e. The van der Waals surface area contributed by atoms with Gasteiger partial charge in [0.1, 0.15) is 0 Å². The van der Waals surface area contributed by atoms with Crippen LogP contribution in [0, 0.1) is 0 Å². The monoisotopic (exact) mass is 372 g/mol. The summed E-state index contributed by atoms with van der Waals surface area (Å²) in [6.45, 7) is -0.264. The largest absolute Gasteiger partial charge is 0.428 e. The highest BCUT2D eigenvalue weighted by molar-refractivity contribution is 9.09. The Morgan fingerprint density at radius 3 is 1.53 bits per heavy atom. The first kappa shape index (κ1) is 16.9. The molecule has 0 spiro atoms. The van der Waals surface area contributed by atoms with E-state index in [0.29, 0.717) is 12.8 Å². The fourth-order valence-corrected chi connectivity index (χ4v) is 1.83. The average Bonchev–Trinajstić information content (AvgIpc) is 2.30. The van der Waals surface area contributed by atoms with E-state index < -0.39 is 0 Å². The summed E-state index contributed by atoms with van der Waals surface area (Å²) in [5, 5.41) is 1.76. The zero-order chi connectivity index (χ0) is 12.9. The van der Waals surface area contributed by atoms with Gasteiger partial charge in [-0.2, -0.15) is 0 Å². The van der Waals surface area contributed by atoms with Crippen LogP contribution in [0.2, 0.25) is 0 Å². The van der Waals surface area contributed by atoms with Gasteiger partial charge in [-0.1, -0.05) is 31.9 Å². The molecule has 6 heteroatoms. The van der Waals surface area contributed by atoms with E-state index in [9.17, 15) is 9.59 Å². The van der Waals surface area contributed by atoms with Crippen molar-refractivity contribution < 1.29 is 19.1 Å². The van der Waals surface area contributed by atoms with Crippen LogP contribution in [0.3, 0.4) is 0 Å². The predicted octanol–water partition coefficient (Wildman–Crippen LogP) is 3.16. The van der Waals surface area contributed by atoms with Crippen molar-refractivity contribution in [3.63, 3.8) is 0 Å². The molecule has 0 bridgehead atoms. The van der Waals surface area contributed by atoms with Crippen molar-refractivity contribution in [3.8, 4) is 0 Å². The standard InChI is InChI=1S/C11H18Br2O4/c12-7-3-1-5-10(14)16-9-17-11(15)6-2-4-8-13/h1-9H2. The number of alkyl halides is 2. The molecule has 0 unspecified atom stereocenters. The quantitative estimate of drug-likeness (QED) is 0.255. The van der Waals surface area contributed by atoms with Gasteiger partial charge in [-0.25, -0.2) is 0 Å². The Labute approximate surface area is 119 Å². The van der Waals surface area contributed by atoms with Gasteiger partial charge < -0.3 is 9.47 Å². The summed E-state index contributed by atoms with van der Waals surface area (Å²) in [7, 11) is 0. The van der Waals surface area contributed by atoms with E-state index in [1.54, 1.807) is 0 Å². The number of ether oxygens (including phenoxy) is 2. The van der Waals surface area contributed by atoms with Crippen LogP contribution in [0.1, 0.15) is 38.5 Å². The number of hydrogen-bond acceptors (Lipinski definition) is 4. The summed E-state index contributed by atoms with van der Waals surface area (Å²) >= 11 is 6.55. The number of hydrogen-bond donors (Lipinski definition) is 0. The minimum atomic E-state index is -0.320. The second kappa shape index (κ2) is 12.4. The van der Waals surface area contributed by atoms with Crippen molar-refractivity contribution in [1.29, 1.82) is 0 Å². The van der Waals surface area contributed by atoms with Gasteiger partial charge in [0.15, 0.2) is 0 Å². The van der Waals surface area contributed by atoms with Crippen LogP contribution in [-0.4, -0.2) is 29.4 Å². The van der Waals surface area contributed by atoms with Crippen molar-refractivity contribution in [2.45, 2.75) is 38.5 Å². The first-order chi connectivity index (χ1) is 8.20. The third kappa shape index (κ3) is 12.2. The van der Waals surface area contributed by atoms with E-state index in [0.717, 1.165) is 36.3 Å². The normalized spacial score (nSPS) is 10.0. The summed E-state index contributed by atoms with van der Waals surface area (Å²) in [5.74, 6) is -0.640. The molecule has 0 aromatic rings. The number of carbonyl (C=O) groups is 2. The first-order valence-corrected chi connectivity index (χ1v) is 7.88. The minimum absolute atomic E-state index is 0.264. The lowest BCUT2D eigenvalue weighted by atomic mass is 10.2. The Kier molecular flexibility index (Phi) is 12.3. The highest BCUT2D eigenvalue weighted by Crippen LogP contribution is 2.02. The lowest BCUT2D eigenvalue weighted by Gasteiger charge is -2.05. The maximum absolute atomic E-state index is 11.1. The molecule has 0 N–H and O–H groups in total. The van der Waals surface area contributed by atoms with Gasteiger partial charge >= 0.3 is 11.9 Å². The molecule has 17 heavy (non-hydrogen) atoms. The van der Waals surface area contributed by atoms with Gasteiger partial charge in [0, 0.05) is 23.5 Å². The zero-order valence-electron chi connectivity index (χ0n) is 9.75. The molecule has 0 amide bonds. The second-order valence-corrected chi connectivity index (χ2v) is 5.03. The van der Waals surface area contributed by atoms with Gasteiger partial charge in [0.2, 0.25) is 6.79 Å². The molecule has 0 saturated carbocycles. The summed E-state index contributed by atoms with van der Waals surface area (Å²) in [6, 6.07) is 0. The van der Waals surface area contributed by atoms with E-state index in [4.69, 9.17) is 9.47 Å². The van der Waals surface area contributed by atoms with E-state index in [-0.39, 0.29) is 18.7 Å². The molecule has 0 atom stereocenters. The van der Waals surface area contributed by atoms with Gasteiger partial charge in [-0.05, 0) is 25.7 Å². The SMILES string of the molecule is O=C(CCCCBr)OCOC(=O)CCCCBr. The molecule has 100 valence electrons. The van der Waals surface area contributed by atoms with Crippen molar-refractivity contribution in [2.24, 2.45) is 0 Å². The van der Waals surface area contributed by atoms with Gasteiger partial charge in [0.05, 0.1) is 0 Å². The molecule has 4 nitrogen and oxygen atoms in total. The van der Waals surface area contributed by atoms with E-state index in [2.05, 4.69) is 31.9 Å². The van der Waals surface area contributed by atoms with Crippen LogP contribution in [0.4, 0.5) is 0 Å². The fourth-order valence-electron chi connectivity index (χ4n) is 1.03. The number of esters is 2. The molecular weight excluding hydrogens is 356 g/mol. The Morgan fingerprint density at radius 2 is 1.18 bits per heavy atom. The Balaban J connectivity index is 3.36. The van der Waals surface area contributed by atoms with Crippen LogP contribution in [0.5, 0.6) is 0 Å². The lowest BCUT2D eigenvalue weighted by molar-refractivity contribution is -0.167. The molecule has 0 rings (SSSR count). The number of unbranched alkanes of at least 4 members (excludes halogenated alkanes) is 2. The summed E-state index contributed by atoms with van der Waals surface area (Å²) in [4.78, 5) is 22.2. The maximum atomic E-state index is 11.1. The molecule has 0 aliphatic heterocycles. The number of halogens is 2. The van der Waals surface area contributed by atoms with Crippen molar-refractivity contribution in [1.82, 2.24) is 0 Å². The second-order valence-electron chi connectivity index (χ2n) is 3.44. The van der Waals surface area contributed by atoms with Crippen molar-refractivity contribution >= 4 is 43.8 Å². The van der Waals surface area contributed by atoms with Gasteiger partial charge in [-0.3, -0.25) is 9.59 Å². The fraction of sp³-hybridized carbons (Fsp3) is 0.818. The zero-order valence-corrected chi connectivity index (χ0v) is 12.9. The molecular formula is C11H18Br2O4. The molecule has 0 aromatic heterocycles. The highest BCUT2D eigenvalue weighted by Gasteiger charge is 2.05. The number of rotatable bonds is 10. The van der Waals surface area contributed by atoms with Crippen molar-refractivity contribution in [3.05, 3.63) is 0 Å². The molecule has 0 aromatic carbocycles. The van der Waals surface area contributed by atoms with E-state index >= 15 is 0 Å². The molecule has 0 saturated heterocycles. The topological polar surface area (TPSA) is 52.6 Å². The van der Waals surface area contributed by atoms with Gasteiger partial charge in [0.25, 0.3) is 0 Å². The smallest absolute Gasteiger partial charge is 0.308 e. The first-order valence-electron chi connectivity index (χ1n) is 5.64. The Bertz CT molecular complexity index is 200. The summed E-state index contributed by atoms with van der Waals surface area (Å²) < 4.78 is 9.52. The summed E-state index contributed by atoms with van der Waals surface area (Å²) in [6.07, 6.45) is 4.16. The van der Waals surface area contributed by atoms with Crippen LogP contribution in [0.25, 0.3) is 0 Å². The molecule has 0 fully saturated rings. The molecule has 0 aliphatic rings. The molecule has 0 heterocycles. The third-order valence-electron chi connectivity index (χ3n) is 1.97.